The number of carbonyl (C=O) groups is 1. The number of esters is 1. The molecule has 1 rings (SSSR count). The van der Waals surface area contributed by atoms with Crippen LogP contribution in [0, 0.1) is 11.3 Å². The topological polar surface area (TPSA) is 72.2 Å². The zero-order chi connectivity index (χ0) is 13.8. The lowest BCUT2D eigenvalue weighted by atomic mass is 10.2. The van der Waals surface area contributed by atoms with Gasteiger partial charge < -0.3 is 9.47 Å². The maximum absolute atomic E-state index is 12.0. The molecule has 0 aliphatic carbocycles. The fraction of sp³-hybridized carbons (Fsp3) is 0.300. The first-order valence-electron chi connectivity index (χ1n) is 4.70. The Kier molecular flexibility index (Phi) is 4.09. The van der Waals surface area contributed by atoms with Crippen molar-refractivity contribution in [3.05, 3.63) is 23.5 Å². The van der Waals surface area contributed by atoms with Crippen molar-refractivity contribution in [1.82, 2.24) is 4.98 Å². The Bertz CT molecular complexity index is 494. The summed E-state index contributed by atoms with van der Waals surface area (Å²) >= 11 is 0. The van der Waals surface area contributed by atoms with Crippen LogP contribution >= 0.6 is 0 Å². The molecule has 0 atom stereocenters. The summed E-state index contributed by atoms with van der Waals surface area (Å²) in [5.41, 5.74) is -0.705. The number of pyridine rings is 1. The minimum absolute atomic E-state index is 0.0219. The molecule has 1 aromatic rings. The molecule has 8 heteroatoms. The van der Waals surface area contributed by atoms with E-state index in [9.17, 15) is 18.0 Å². The van der Waals surface area contributed by atoms with Crippen molar-refractivity contribution in [3.8, 4) is 11.8 Å². The number of ether oxygens (including phenoxy) is 2. The molecule has 0 spiro atoms. The van der Waals surface area contributed by atoms with Gasteiger partial charge in [-0.15, -0.1) is 13.2 Å². The summed E-state index contributed by atoms with van der Waals surface area (Å²) in [6.07, 6.45) is -4.20. The Morgan fingerprint density at radius 3 is 2.72 bits per heavy atom. The minimum Gasteiger partial charge on any atom is -0.462 e. The van der Waals surface area contributed by atoms with E-state index in [1.54, 1.807) is 6.07 Å². The molecular weight excluding hydrogens is 253 g/mol. The molecule has 96 valence electrons. The fourth-order valence-corrected chi connectivity index (χ4v) is 1.09. The van der Waals surface area contributed by atoms with Gasteiger partial charge in [0.15, 0.2) is 5.69 Å². The van der Waals surface area contributed by atoms with Crippen LogP contribution in [0.3, 0.4) is 0 Å². The first-order valence-corrected chi connectivity index (χ1v) is 4.70. The summed E-state index contributed by atoms with van der Waals surface area (Å²) in [6.45, 7) is 1.54. The van der Waals surface area contributed by atoms with Gasteiger partial charge in [-0.25, -0.2) is 9.78 Å². The SMILES string of the molecule is CCOC(=O)c1cc(OC(F)(F)F)cnc1C#N. The highest BCUT2D eigenvalue weighted by Crippen LogP contribution is 2.23. The van der Waals surface area contributed by atoms with Crippen LogP contribution in [0.5, 0.6) is 5.75 Å². The summed E-state index contributed by atoms with van der Waals surface area (Å²) in [7, 11) is 0. The molecule has 0 aliphatic heterocycles. The smallest absolute Gasteiger partial charge is 0.462 e. The van der Waals surface area contributed by atoms with Crippen molar-refractivity contribution < 1.29 is 27.4 Å². The maximum atomic E-state index is 12.0. The maximum Gasteiger partial charge on any atom is 0.573 e. The summed E-state index contributed by atoms with van der Waals surface area (Å²) in [4.78, 5) is 14.8. The van der Waals surface area contributed by atoms with Gasteiger partial charge in [-0.3, -0.25) is 0 Å². The molecule has 0 saturated carbocycles. The molecule has 0 aromatic carbocycles. The number of halogens is 3. The third-order valence-electron chi connectivity index (χ3n) is 1.70. The van der Waals surface area contributed by atoms with E-state index >= 15 is 0 Å². The van der Waals surface area contributed by atoms with Crippen LogP contribution in [0.2, 0.25) is 0 Å². The Morgan fingerprint density at radius 2 is 2.22 bits per heavy atom. The molecule has 0 N–H and O–H groups in total. The molecule has 18 heavy (non-hydrogen) atoms. The average Bonchev–Trinajstić information content (AvgIpc) is 2.27. The van der Waals surface area contributed by atoms with Crippen LogP contribution in [0.15, 0.2) is 12.3 Å². The number of alkyl halides is 3. The number of carbonyl (C=O) groups excluding carboxylic acids is 1. The molecule has 0 unspecified atom stereocenters. The summed E-state index contributed by atoms with van der Waals surface area (Å²) < 4.78 is 44.1. The number of hydrogen-bond acceptors (Lipinski definition) is 5. The number of rotatable bonds is 3. The van der Waals surface area contributed by atoms with Gasteiger partial charge in [0.1, 0.15) is 11.8 Å². The largest absolute Gasteiger partial charge is 0.573 e. The van der Waals surface area contributed by atoms with Gasteiger partial charge in [0, 0.05) is 0 Å². The van der Waals surface area contributed by atoms with Crippen LogP contribution in [0.4, 0.5) is 13.2 Å². The van der Waals surface area contributed by atoms with E-state index in [1.807, 2.05) is 0 Å². The van der Waals surface area contributed by atoms with E-state index in [4.69, 9.17) is 5.26 Å². The van der Waals surface area contributed by atoms with Crippen LogP contribution in [-0.4, -0.2) is 23.9 Å². The van der Waals surface area contributed by atoms with E-state index in [2.05, 4.69) is 14.5 Å². The predicted octanol–water partition coefficient (Wildman–Crippen LogP) is 2.03. The Morgan fingerprint density at radius 1 is 1.56 bits per heavy atom. The molecule has 5 nitrogen and oxygen atoms in total. The van der Waals surface area contributed by atoms with Crippen LogP contribution in [0.25, 0.3) is 0 Å². The Balaban J connectivity index is 3.10. The zero-order valence-corrected chi connectivity index (χ0v) is 9.11. The quantitative estimate of drug-likeness (QED) is 0.777. The van der Waals surface area contributed by atoms with Gasteiger partial charge >= 0.3 is 12.3 Å². The number of nitriles is 1. The summed E-state index contributed by atoms with van der Waals surface area (Å²) in [5.74, 6) is -1.63. The molecule has 0 fully saturated rings. The normalized spacial score (nSPS) is 10.6. The second-order valence-electron chi connectivity index (χ2n) is 2.95. The Hall–Kier alpha value is -2.30. The number of nitrogens with zero attached hydrogens (tertiary/aromatic N) is 2. The van der Waals surface area contributed by atoms with E-state index in [0.717, 1.165) is 6.07 Å². The standard InChI is InChI=1S/C10H7F3N2O3/c1-2-17-9(16)7-3-6(18-10(11,12)13)5-15-8(7)4-14/h3,5H,2H2,1H3. The fourth-order valence-electron chi connectivity index (χ4n) is 1.09. The monoisotopic (exact) mass is 260 g/mol. The lowest BCUT2D eigenvalue weighted by molar-refractivity contribution is -0.274. The van der Waals surface area contributed by atoms with Crippen molar-refractivity contribution >= 4 is 5.97 Å². The van der Waals surface area contributed by atoms with Gasteiger partial charge in [0.25, 0.3) is 0 Å². The van der Waals surface area contributed by atoms with Gasteiger partial charge in [-0.05, 0) is 13.0 Å². The first-order chi connectivity index (χ1) is 8.37. The van der Waals surface area contributed by atoms with Gasteiger partial charge in [-0.2, -0.15) is 5.26 Å². The van der Waals surface area contributed by atoms with E-state index in [1.165, 1.54) is 6.92 Å². The van der Waals surface area contributed by atoms with Crippen LogP contribution in [-0.2, 0) is 4.74 Å². The third kappa shape index (κ3) is 3.62. The van der Waals surface area contributed by atoms with Crippen LogP contribution in [0.1, 0.15) is 23.0 Å². The predicted molar refractivity (Wildman–Crippen MR) is 51.6 cm³/mol. The van der Waals surface area contributed by atoms with Crippen molar-refractivity contribution in [2.45, 2.75) is 13.3 Å². The van der Waals surface area contributed by atoms with Crippen molar-refractivity contribution in [1.29, 1.82) is 5.26 Å². The Labute approximate surface area is 99.8 Å². The van der Waals surface area contributed by atoms with E-state index < -0.39 is 18.1 Å². The minimum atomic E-state index is -4.90. The molecule has 1 heterocycles. The lowest BCUT2D eigenvalue weighted by Crippen LogP contribution is -2.18. The van der Waals surface area contributed by atoms with Crippen molar-refractivity contribution in [3.63, 3.8) is 0 Å². The third-order valence-corrected chi connectivity index (χ3v) is 1.70. The number of hydrogen-bond donors (Lipinski definition) is 0. The van der Waals surface area contributed by atoms with E-state index in [-0.39, 0.29) is 17.9 Å². The summed E-state index contributed by atoms with van der Waals surface area (Å²) in [5, 5.41) is 8.68. The molecular formula is C10H7F3N2O3. The second-order valence-corrected chi connectivity index (χ2v) is 2.95. The number of aromatic nitrogens is 1. The molecule has 1 aromatic heterocycles. The average molecular weight is 260 g/mol. The van der Waals surface area contributed by atoms with Crippen LogP contribution < -0.4 is 4.74 Å². The van der Waals surface area contributed by atoms with E-state index in [0.29, 0.717) is 6.20 Å². The lowest BCUT2D eigenvalue weighted by Gasteiger charge is -2.10. The highest BCUT2D eigenvalue weighted by Gasteiger charge is 2.32. The zero-order valence-electron chi connectivity index (χ0n) is 9.11. The van der Waals surface area contributed by atoms with Crippen molar-refractivity contribution in [2.75, 3.05) is 6.61 Å². The highest BCUT2D eigenvalue weighted by atomic mass is 19.4. The molecule has 0 bridgehead atoms. The van der Waals surface area contributed by atoms with Crippen molar-refractivity contribution in [2.24, 2.45) is 0 Å². The van der Waals surface area contributed by atoms with Gasteiger partial charge in [-0.1, -0.05) is 0 Å². The second kappa shape index (κ2) is 5.35. The molecule has 0 aliphatic rings. The molecule has 0 amide bonds. The summed E-state index contributed by atoms with van der Waals surface area (Å²) in [6, 6.07) is 2.34. The van der Waals surface area contributed by atoms with Gasteiger partial charge in [0.05, 0.1) is 18.4 Å². The van der Waals surface area contributed by atoms with Gasteiger partial charge in [0.2, 0.25) is 0 Å². The first kappa shape index (κ1) is 13.8. The highest BCUT2D eigenvalue weighted by molar-refractivity contribution is 5.92. The molecule has 0 saturated heterocycles. The molecule has 0 radical (unpaired) electrons.